The third-order valence-electron chi connectivity index (χ3n) is 2.86. The molecule has 18 heavy (non-hydrogen) atoms. The maximum atomic E-state index is 13.8. The van der Waals surface area contributed by atoms with Gasteiger partial charge in [-0.1, -0.05) is 17.7 Å². The molecule has 0 radical (unpaired) electrons. The van der Waals surface area contributed by atoms with E-state index in [0.29, 0.717) is 17.0 Å². The lowest BCUT2D eigenvalue weighted by atomic mass is 10.0. The second-order valence-corrected chi connectivity index (χ2v) is 4.42. The smallest absolute Gasteiger partial charge is 0.129 e. The highest BCUT2D eigenvalue weighted by atomic mass is 35.5. The van der Waals surface area contributed by atoms with Gasteiger partial charge in [0.15, 0.2) is 0 Å². The Labute approximate surface area is 110 Å². The Morgan fingerprint density at radius 1 is 1.56 bits per heavy atom. The Hall–Kier alpha value is -1.43. The number of hydrazine groups is 1. The largest absolute Gasteiger partial charge is 0.338 e. The average Bonchev–Trinajstić information content (AvgIpc) is 2.73. The fourth-order valence-electron chi connectivity index (χ4n) is 1.86. The van der Waals surface area contributed by atoms with Crippen LogP contribution in [0.1, 0.15) is 17.4 Å². The number of hydrogen-bond donors (Lipinski definition) is 2. The maximum absolute atomic E-state index is 13.8. The van der Waals surface area contributed by atoms with Gasteiger partial charge in [-0.15, -0.1) is 0 Å². The van der Waals surface area contributed by atoms with Crippen LogP contribution in [0.4, 0.5) is 4.39 Å². The molecule has 0 fully saturated rings. The van der Waals surface area contributed by atoms with Gasteiger partial charge in [0.2, 0.25) is 0 Å². The van der Waals surface area contributed by atoms with Crippen LogP contribution in [0.5, 0.6) is 0 Å². The molecule has 6 heteroatoms. The Kier molecular flexibility index (Phi) is 3.96. The third-order valence-corrected chi connectivity index (χ3v) is 3.19. The first kappa shape index (κ1) is 13.0. The zero-order chi connectivity index (χ0) is 13.1. The molecule has 0 bridgehead atoms. The quantitative estimate of drug-likeness (QED) is 0.658. The van der Waals surface area contributed by atoms with E-state index < -0.39 is 6.04 Å². The molecule has 0 saturated carbocycles. The molecule has 1 aromatic carbocycles. The summed E-state index contributed by atoms with van der Waals surface area (Å²) in [6.45, 7) is 0. The van der Waals surface area contributed by atoms with Gasteiger partial charge in [0.25, 0.3) is 0 Å². The number of imidazole rings is 1. The van der Waals surface area contributed by atoms with Crippen LogP contribution >= 0.6 is 11.6 Å². The first-order chi connectivity index (χ1) is 8.63. The van der Waals surface area contributed by atoms with Gasteiger partial charge in [0, 0.05) is 36.4 Å². The molecule has 0 aliphatic heterocycles. The van der Waals surface area contributed by atoms with Gasteiger partial charge in [-0.05, 0) is 12.1 Å². The van der Waals surface area contributed by atoms with Crippen molar-refractivity contribution < 1.29 is 4.39 Å². The van der Waals surface area contributed by atoms with E-state index in [4.69, 9.17) is 17.4 Å². The van der Waals surface area contributed by atoms with Crippen LogP contribution in [0, 0.1) is 5.82 Å². The average molecular weight is 269 g/mol. The molecule has 0 spiro atoms. The van der Waals surface area contributed by atoms with Gasteiger partial charge in [-0.25, -0.2) is 9.37 Å². The molecule has 0 saturated heterocycles. The molecular weight excluding hydrogens is 255 g/mol. The number of nitrogens with two attached hydrogens (primary N) is 1. The molecule has 2 rings (SSSR count). The summed E-state index contributed by atoms with van der Waals surface area (Å²) >= 11 is 6.02. The molecule has 3 N–H and O–H groups in total. The lowest BCUT2D eigenvalue weighted by Crippen LogP contribution is -2.31. The molecule has 96 valence electrons. The molecule has 1 heterocycles. The molecule has 1 atom stereocenters. The molecule has 1 aromatic heterocycles. The summed E-state index contributed by atoms with van der Waals surface area (Å²) in [6, 6.07) is 4.15. The van der Waals surface area contributed by atoms with Crippen molar-refractivity contribution in [2.75, 3.05) is 0 Å². The molecule has 4 nitrogen and oxygen atoms in total. The van der Waals surface area contributed by atoms with E-state index in [1.807, 2.05) is 17.8 Å². The minimum atomic E-state index is -0.417. The Bertz CT molecular complexity index is 520. The van der Waals surface area contributed by atoms with E-state index >= 15 is 0 Å². The monoisotopic (exact) mass is 268 g/mol. The Balaban J connectivity index is 2.32. The summed E-state index contributed by atoms with van der Waals surface area (Å²) in [5.41, 5.74) is 2.95. The first-order valence-electron chi connectivity index (χ1n) is 5.49. The highest BCUT2D eigenvalue weighted by Gasteiger charge is 2.19. The maximum Gasteiger partial charge on any atom is 0.129 e. The predicted octanol–water partition coefficient (Wildman–Crippen LogP) is 1.96. The molecule has 1 unspecified atom stereocenters. The standard InChI is InChI=1S/C12H14ClFN4/c1-18-6-5-16-11(18)7-10(17-15)12-8(13)3-2-4-9(12)14/h2-6,10,17H,7,15H2,1H3. The first-order valence-corrected chi connectivity index (χ1v) is 5.87. The van der Waals surface area contributed by atoms with Crippen molar-refractivity contribution in [2.24, 2.45) is 12.9 Å². The number of aromatic nitrogens is 2. The number of halogens is 2. The van der Waals surface area contributed by atoms with Crippen LogP contribution in [-0.4, -0.2) is 9.55 Å². The molecule has 0 aliphatic rings. The van der Waals surface area contributed by atoms with Crippen LogP contribution in [-0.2, 0) is 13.5 Å². The highest BCUT2D eigenvalue weighted by Crippen LogP contribution is 2.27. The van der Waals surface area contributed by atoms with Gasteiger partial charge in [-0.3, -0.25) is 11.3 Å². The third kappa shape index (κ3) is 2.53. The van der Waals surface area contributed by atoms with E-state index in [-0.39, 0.29) is 5.82 Å². The van der Waals surface area contributed by atoms with E-state index in [0.717, 1.165) is 5.82 Å². The summed E-state index contributed by atoms with van der Waals surface area (Å²) in [5, 5.41) is 0.354. The van der Waals surface area contributed by atoms with Crippen LogP contribution in [0.25, 0.3) is 0 Å². The second kappa shape index (κ2) is 5.48. The van der Waals surface area contributed by atoms with Gasteiger partial charge in [-0.2, -0.15) is 0 Å². The topological polar surface area (TPSA) is 55.9 Å². The molecule has 0 aliphatic carbocycles. The number of benzene rings is 1. The Morgan fingerprint density at radius 2 is 2.33 bits per heavy atom. The van der Waals surface area contributed by atoms with E-state index in [2.05, 4.69) is 10.4 Å². The van der Waals surface area contributed by atoms with Gasteiger partial charge >= 0.3 is 0 Å². The van der Waals surface area contributed by atoms with Gasteiger partial charge in [0.1, 0.15) is 11.6 Å². The molecule has 2 aromatic rings. The van der Waals surface area contributed by atoms with E-state index in [9.17, 15) is 4.39 Å². The second-order valence-electron chi connectivity index (χ2n) is 4.01. The lowest BCUT2D eigenvalue weighted by molar-refractivity contribution is 0.497. The fraction of sp³-hybridized carbons (Fsp3) is 0.250. The van der Waals surface area contributed by atoms with Gasteiger partial charge < -0.3 is 4.57 Å². The highest BCUT2D eigenvalue weighted by molar-refractivity contribution is 6.31. The van der Waals surface area contributed by atoms with Crippen molar-refractivity contribution in [2.45, 2.75) is 12.5 Å². The van der Waals surface area contributed by atoms with Crippen molar-refractivity contribution in [3.05, 3.63) is 52.8 Å². The number of nitrogens with one attached hydrogen (secondary N) is 1. The van der Waals surface area contributed by atoms with Crippen LogP contribution < -0.4 is 11.3 Å². The zero-order valence-corrected chi connectivity index (χ0v) is 10.7. The minimum Gasteiger partial charge on any atom is -0.338 e. The summed E-state index contributed by atoms with van der Waals surface area (Å²) in [6.07, 6.45) is 3.97. The number of aryl methyl sites for hydroxylation is 1. The number of hydrogen-bond acceptors (Lipinski definition) is 3. The van der Waals surface area contributed by atoms with E-state index in [1.54, 1.807) is 18.3 Å². The predicted molar refractivity (Wildman–Crippen MR) is 68.4 cm³/mol. The summed E-state index contributed by atoms with van der Waals surface area (Å²) < 4.78 is 15.7. The SMILES string of the molecule is Cn1ccnc1CC(NN)c1c(F)cccc1Cl. The summed E-state index contributed by atoms with van der Waals surface area (Å²) in [7, 11) is 1.87. The van der Waals surface area contributed by atoms with Crippen molar-refractivity contribution in [1.82, 2.24) is 15.0 Å². The Morgan fingerprint density at radius 3 is 2.89 bits per heavy atom. The van der Waals surface area contributed by atoms with Crippen molar-refractivity contribution >= 4 is 11.6 Å². The van der Waals surface area contributed by atoms with Crippen LogP contribution in [0.3, 0.4) is 0 Å². The van der Waals surface area contributed by atoms with Crippen molar-refractivity contribution in [3.8, 4) is 0 Å². The normalized spacial score (nSPS) is 12.7. The summed E-state index contributed by atoms with van der Waals surface area (Å²) in [5.74, 6) is 5.92. The van der Waals surface area contributed by atoms with Gasteiger partial charge in [0.05, 0.1) is 6.04 Å². The summed E-state index contributed by atoms with van der Waals surface area (Å²) in [4.78, 5) is 4.19. The lowest BCUT2D eigenvalue weighted by Gasteiger charge is -2.18. The zero-order valence-electron chi connectivity index (χ0n) is 9.90. The molecule has 0 amide bonds. The molecular formula is C12H14ClFN4. The van der Waals surface area contributed by atoms with Crippen molar-refractivity contribution in [3.63, 3.8) is 0 Å². The van der Waals surface area contributed by atoms with Crippen LogP contribution in [0.2, 0.25) is 5.02 Å². The van der Waals surface area contributed by atoms with E-state index in [1.165, 1.54) is 6.07 Å². The number of nitrogens with zero attached hydrogens (tertiary/aromatic N) is 2. The van der Waals surface area contributed by atoms with Crippen LogP contribution in [0.15, 0.2) is 30.6 Å². The minimum absolute atomic E-state index is 0.354. The van der Waals surface area contributed by atoms with Crippen molar-refractivity contribution in [1.29, 1.82) is 0 Å². The number of rotatable bonds is 4. The fourth-order valence-corrected chi connectivity index (χ4v) is 2.16.